The van der Waals surface area contributed by atoms with Gasteiger partial charge in [-0.3, -0.25) is 9.69 Å². The number of ether oxygens (including phenoxy) is 5. The lowest BCUT2D eigenvalue weighted by Gasteiger charge is -2.26. The summed E-state index contributed by atoms with van der Waals surface area (Å²) in [6.45, 7) is 6.39. The Morgan fingerprint density at radius 3 is 2.53 bits per heavy atom. The van der Waals surface area contributed by atoms with E-state index in [9.17, 15) is 4.79 Å². The number of hydrogen-bond acceptors (Lipinski definition) is 7. The summed E-state index contributed by atoms with van der Waals surface area (Å²) in [6, 6.07) is 7.93. The van der Waals surface area contributed by atoms with Gasteiger partial charge in [-0.05, 0) is 47.7 Å². The molecule has 8 heteroatoms. The van der Waals surface area contributed by atoms with E-state index in [1.807, 2.05) is 24.3 Å². The van der Waals surface area contributed by atoms with Crippen molar-refractivity contribution in [1.29, 1.82) is 0 Å². The molecule has 1 aliphatic carbocycles. The van der Waals surface area contributed by atoms with Gasteiger partial charge in [0.15, 0.2) is 11.5 Å². The number of hydrogen-bond donors (Lipinski definition) is 1. The maximum absolute atomic E-state index is 12.0. The fourth-order valence-corrected chi connectivity index (χ4v) is 4.81. The van der Waals surface area contributed by atoms with Gasteiger partial charge in [0.25, 0.3) is 0 Å². The van der Waals surface area contributed by atoms with Crippen molar-refractivity contribution in [1.82, 2.24) is 10.2 Å². The van der Waals surface area contributed by atoms with E-state index in [0.29, 0.717) is 23.9 Å². The highest BCUT2D eigenvalue weighted by Gasteiger charge is 2.29. The van der Waals surface area contributed by atoms with E-state index in [1.165, 1.54) is 0 Å². The summed E-state index contributed by atoms with van der Waals surface area (Å²) in [4.78, 5) is 14.4. The van der Waals surface area contributed by atoms with Crippen molar-refractivity contribution >= 4 is 5.91 Å². The molecule has 1 fully saturated rings. The third kappa shape index (κ3) is 5.08. The van der Waals surface area contributed by atoms with Crippen LogP contribution in [0.2, 0.25) is 0 Å². The van der Waals surface area contributed by atoms with Crippen LogP contribution in [0.15, 0.2) is 24.3 Å². The van der Waals surface area contributed by atoms with Gasteiger partial charge in [0.1, 0.15) is 12.4 Å². The Kier molecular flexibility index (Phi) is 7.80. The van der Waals surface area contributed by atoms with Gasteiger partial charge in [-0.15, -0.1) is 0 Å². The number of nitrogens with zero attached hydrogens (tertiary/aromatic N) is 1. The Balaban J connectivity index is 1.70. The van der Waals surface area contributed by atoms with E-state index in [4.69, 9.17) is 23.7 Å². The van der Waals surface area contributed by atoms with Gasteiger partial charge >= 0.3 is 0 Å². The zero-order valence-corrected chi connectivity index (χ0v) is 20.4. The Labute approximate surface area is 201 Å². The van der Waals surface area contributed by atoms with Crippen LogP contribution in [0.5, 0.6) is 23.0 Å². The highest BCUT2D eigenvalue weighted by molar-refractivity contribution is 5.84. The van der Waals surface area contributed by atoms with Crippen molar-refractivity contribution in [3.63, 3.8) is 0 Å². The topological polar surface area (TPSA) is 78.5 Å². The number of methoxy groups -OCH3 is 3. The molecule has 0 aromatic heterocycles. The van der Waals surface area contributed by atoms with Crippen LogP contribution in [-0.2, 0) is 16.0 Å². The SMILES string of the molecule is COc1cc2c(c(OC)c1OC)-c1ccc(OCCN3CCOCC3)cc1[C@@H](NC(C)=O)CC2. The van der Waals surface area contributed by atoms with Gasteiger partial charge in [0.05, 0.1) is 40.6 Å². The molecular weight excluding hydrogens is 436 g/mol. The second-order valence-electron chi connectivity index (χ2n) is 8.52. The summed E-state index contributed by atoms with van der Waals surface area (Å²) in [5.41, 5.74) is 4.04. The number of nitrogens with one attached hydrogen (secondary N) is 1. The lowest BCUT2D eigenvalue weighted by Crippen LogP contribution is -2.38. The Morgan fingerprint density at radius 2 is 1.85 bits per heavy atom. The first-order chi connectivity index (χ1) is 16.5. The zero-order valence-electron chi connectivity index (χ0n) is 20.4. The second-order valence-corrected chi connectivity index (χ2v) is 8.52. The molecule has 0 bridgehead atoms. The number of fused-ring (bicyclic) bond motifs is 3. The van der Waals surface area contributed by atoms with Crippen LogP contribution in [-0.4, -0.2) is 71.6 Å². The summed E-state index contributed by atoms with van der Waals surface area (Å²) in [5, 5.41) is 3.12. The largest absolute Gasteiger partial charge is 0.493 e. The van der Waals surface area contributed by atoms with E-state index in [2.05, 4.69) is 10.2 Å². The van der Waals surface area contributed by atoms with Crippen molar-refractivity contribution in [2.24, 2.45) is 0 Å². The molecule has 1 aliphatic heterocycles. The third-order valence-corrected chi connectivity index (χ3v) is 6.44. The maximum Gasteiger partial charge on any atom is 0.217 e. The molecule has 0 saturated carbocycles. The molecule has 2 aromatic rings. The van der Waals surface area contributed by atoms with Crippen LogP contribution < -0.4 is 24.3 Å². The minimum absolute atomic E-state index is 0.0670. The molecule has 0 radical (unpaired) electrons. The zero-order chi connectivity index (χ0) is 24.1. The maximum atomic E-state index is 12.0. The molecule has 184 valence electrons. The Bertz CT molecular complexity index is 1020. The number of amides is 1. The Hall–Kier alpha value is -2.97. The molecule has 1 saturated heterocycles. The molecule has 8 nitrogen and oxygen atoms in total. The van der Waals surface area contributed by atoms with Crippen LogP contribution in [0.3, 0.4) is 0 Å². The summed E-state index contributed by atoms with van der Waals surface area (Å²) < 4.78 is 28.6. The van der Waals surface area contributed by atoms with Crippen LogP contribution in [0.4, 0.5) is 0 Å². The minimum atomic E-state index is -0.149. The molecule has 2 aliphatic rings. The molecule has 0 spiro atoms. The lowest BCUT2D eigenvalue weighted by atomic mass is 9.93. The molecule has 0 unspecified atom stereocenters. The van der Waals surface area contributed by atoms with E-state index < -0.39 is 0 Å². The Morgan fingerprint density at radius 1 is 1.09 bits per heavy atom. The molecule has 4 rings (SSSR count). The quantitative estimate of drug-likeness (QED) is 0.635. The van der Waals surface area contributed by atoms with Crippen LogP contribution in [0, 0.1) is 0 Å². The molecule has 1 N–H and O–H groups in total. The standard InChI is InChI=1S/C26H34N2O6/c1-17(29)27-22-8-5-18-15-23(30-2)25(31-3)26(32-4)24(18)20-7-6-19(16-21(20)22)34-14-11-28-9-12-33-13-10-28/h6-7,15-16,22H,5,8-14H2,1-4H3,(H,27,29)/t22-/m0/s1. The predicted octanol–water partition coefficient (Wildman–Crippen LogP) is 3.21. The normalized spacial score (nSPS) is 17.7. The van der Waals surface area contributed by atoms with Crippen molar-refractivity contribution in [3.05, 3.63) is 35.4 Å². The van der Waals surface area contributed by atoms with E-state index in [1.54, 1.807) is 28.3 Å². The number of benzene rings is 2. The molecular formula is C26H34N2O6. The summed E-state index contributed by atoms with van der Waals surface area (Å²) in [7, 11) is 4.86. The number of carbonyl (C=O) groups is 1. The summed E-state index contributed by atoms with van der Waals surface area (Å²) >= 11 is 0. The fourth-order valence-electron chi connectivity index (χ4n) is 4.81. The fraction of sp³-hybridized carbons (Fsp3) is 0.500. The summed E-state index contributed by atoms with van der Waals surface area (Å²) in [5.74, 6) is 2.52. The van der Waals surface area contributed by atoms with Gasteiger partial charge in [0, 0.05) is 32.1 Å². The smallest absolute Gasteiger partial charge is 0.217 e. The lowest BCUT2D eigenvalue weighted by molar-refractivity contribution is -0.119. The first-order valence-electron chi connectivity index (χ1n) is 11.7. The molecule has 2 aromatic carbocycles. The molecule has 1 heterocycles. The minimum Gasteiger partial charge on any atom is -0.493 e. The monoisotopic (exact) mass is 470 g/mol. The van der Waals surface area contributed by atoms with Crippen LogP contribution in [0.25, 0.3) is 11.1 Å². The number of carbonyl (C=O) groups excluding carboxylic acids is 1. The van der Waals surface area contributed by atoms with Crippen molar-refractivity contribution in [3.8, 4) is 34.1 Å². The highest BCUT2D eigenvalue weighted by Crippen LogP contribution is 2.50. The number of rotatable bonds is 8. The molecule has 1 atom stereocenters. The van der Waals surface area contributed by atoms with Gasteiger partial charge in [0.2, 0.25) is 11.7 Å². The number of aryl methyl sites for hydroxylation is 1. The summed E-state index contributed by atoms with van der Waals surface area (Å²) in [6.07, 6.45) is 1.49. The van der Waals surface area contributed by atoms with E-state index >= 15 is 0 Å². The van der Waals surface area contributed by atoms with Crippen LogP contribution >= 0.6 is 0 Å². The van der Waals surface area contributed by atoms with Gasteiger partial charge in [-0.25, -0.2) is 0 Å². The van der Waals surface area contributed by atoms with Gasteiger partial charge < -0.3 is 29.0 Å². The first kappa shape index (κ1) is 24.2. The predicted molar refractivity (Wildman–Crippen MR) is 129 cm³/mol. The van der Waals surface area contributed by atoms with E-state index in [-0.39, 0.29) is 11.9 Å². The van der Waals surface area contributed by atoms with Crippen molar-refractivity contribution < 1.29 is 28.5 Å². The second kappa shape index (κ2) is 11.0. The van der Waals surface area contributed by atoms with E-state index in [0.717, 1.165) is 73.7 Å². The van der Waals surface area contributed by atoms with Crippen molar-refractivity contribution in [2.45, 2.75) is 25.8 Å². The number of morpholine rings is 1. The van der Waals surface area contributed by atoms with Gasteiger partial charge in [-0.1, -0.05) is 6.07 Å². The average molecular weight is 471 g/mol. The van der Waals surface area contributed by atoms with Crippen LogP contribution in [0.1, 0.15) is 30.5 Å². The first-order valence-corrected chi connectivity index (χ1v) is 11.7. The molecule has 1 amide bonds. The van der Waals surface area contributed by atoms with Crippen molar-refractivity contribution in [2.75, 3.05) is 60.8 Å². The van der Waals surface area contributed by atoms with Gasteiger partial charge in [-0.2, -0.15) is 0 Å². The highest BCUT2D eigenvalue weighted by atomic mass is 16.5. The third-order valence-electron chi connectivity index (χ3n) is 6.44. The average Bonchev–Trinajstić information content (AvgIpc) is 2.99. The molecule has 34 heavy (non-hydrogen) atoms.